The summed E-state index contributed by atoms with van der Waals surface area (Å²) in [5, 5.41) is 10.8. The Bertz CT molecular complexity index is 359. The first-order chi connectivity index (χ1) is 7.70. The van der Waals surface area contributed by atoms with Crippen LogP contribution in [0.4, 0.5) is 0 Å². The van der Waals surface area contributed by atoms with Gasteiger partial charge in [0.05, 0.1) is 0 Å². The summed E-state index contributed by atoms with van der Waals surface area (Å²) in [7, 11) is 2.16. The second kappa shape index (κ2) is 5.19. The molecular formula is C13H18BrNO. The molecule has 1 saturated heterocycles. The number of phenols is 1. The Hall–Kier alpha value is -0.540. The lowest BCUT2D eigenvalue weighted by Crippen LogP contribution is -2.29. The molecule has 1 aromatic carbocycles. The lowest BCUT2D eigenvalue weighted by Gasteiger charge is -2.29. The Morgan fingerprint density at radius 3 is 2.62 bits per heavy atom. The van der Waals surface area contributed by atoms with Crippen molar-refractivity contribution in [3.8, 4) is 5.75 Å². The van der Waals surface area contributed by atoms with Crippen molar-refractivity contribution in [2.45, 2.75) is 24.1 Å². The summed E-state index contributed by atoms with van der Waals surface area (Å²) in [6, 6.07) is 6.06. The zero-order chi connectivity index (χ0) is 11.5. The van der Waals surface area contributed by atoms with E-state index in [0.717, 1.165) is 42.4 Å². The van der Waals surface area contributed by atoms with Gasteiger partial charge < -0.3 is 10.0 Å². The molecule has 1 N–H and O–H groups in total. The first kappa shape index (κ1) is 11.9. The van der Waals surface area contributed by atoms with Crippen molar-refractivity contribution in [3.05, 3.63) is 29.3 Å². The Labute approximate surface area is 105 Å². The van der Waals surface area contributed by atoms with Crippen molar-refractivity contribution in [1.82, 2.24) is 4.90 Å². The van der Waals surface area contributed by atoms with Gasteiger partial charge in [-0.2, -0.15) is 0 Å². The van der Waals surface area contributed by atoms with Crippen LogP contribution in [0.25, 0.3) is 0 Å². The van der Waals surface area contributed by atoms with Crippen LogP contribution in [0, 0.1) is 0 Å². The minimum absolute atomic E-state index is 0.464. The summed E-state index contributed by atoms with van der Waals surface area (Å²) >= 11 is 3.40. The van der Waals surface area contributed by atoms with Crippen LogP contribution in [0.1, 0.15) is 29.9 Å². The molecule has 88 valence electrons. The SMILES string of the molecule is CN1CCC(c2ccc(CBr)cc2O)CC1. The molecule has 3 heteroatoms. The van der Waals surface area contributed by atoms with Gasteiger partial charge in [-0.1, -0.05) is 28.1 Å². The maximum absolute atomic E-state index is 10.0. The predicted octanol–water partition coefficient (Wildman–Crippen LogP) is 3.10. The van der Waals surface area contributed by atoms with Gasteiger partial charge in [0.25, 0.3) is 0 Å². The number of hydrogen-bond donors (Lipinski definition) is 1. The fourth-order valence-corrected chi connectivity index (χ4v) is 2.69. The molecule has 2 rings (SSSR count). The molecule has 2 nitrogen and oxygen atoms in total. The number of benzene rings is 1. The van der Waals surface area contributed by atoms with Crippen molar-refractivity contribution in [2.75, 3.05) is 20.1 Å². The second-order valence-electron chi connectivity index (χ2n) is 4.60. The standard InChI is InChI=1S/C13H18BrNO/c1-15-6-4-11(5-7-15)12-3-2-10(9-14)8-13(12)16/h2-3,8,11,16H,4-7,9H2,1H3. The van der Waals surface area contributed by atoms with Crippen LogP contribution >= 0.6 is 15.9 Å². The molecule has 16 heavy (non-hydrogen) atoms. The van der Waals surface area contributed by atoms with E-state index < -0.39 is 0 Å². The van der Waals surface area contributed by atoms with Gasteiger partial charge >= 0.3 is 0 Å². The summed E-state index contributed by atoms with van der Waals surface area (Å²) in [6.07, 6.45) is 2.30. The highest BCUT2D eigenvalue weighted by Crippen LogP contribution is 2.34. The van der Waals surface area contributed by atoms with E-state index in [9.17, 15) is 5.11 Å². The average Bonchev–Trinajstić information content (AvgIpc) is 2.30. The maximum Gasteiger partial charge on any atom is 0.119 e. The van der Waals surface area contributed by atoms with E-state index in [4.69, 9.17) is 0 Å². The highest BCUT2D eigenvalue weighted by Gasteiger charge is 2.20. The Morgan fingerprint density at radius 1 is 1.38 bits per heavy atom. The molecule has 0 aromatic heterocycles. The van der Waals surface area contributed by atoms with Gasteiger partial charge in [0, 0.05) is 5.33 Å². The number of halogens is 1. The number of nitrogens with zero attached hydrogens (tertiary/aromatic N) is 1. The number of piperidine rings is 1. The fraction of sp³-hybridized carbons (Fsp3) is 0.538. The van der Waals surface area contributed by atoms with Crippen LogP contribution in [0.15, 0.2) is 18.2 Å². The number of alkyl halides is 1. The molecule has 1 heterocycles. The smallest absolute Gasteiger partial charge is 0.119 e. The molecule has 0 saturated carbocycles. The molecule has 1 aliphatic heterocycles. The number of rotatable bonds is 2. The zero-order valence-electron chi connectivity index (χ0n) is 9.62. The Morgan fingerprint density at radius 2 is 2.06 bits per heavy atom. The van der Waals surface area contributed by atoms with Crippen molar-refractivity contribution >= 4 is 15.9 Å². The average molecular weight is 284 g/mol. The monoisotopic (exact) mass is 283 g/mol. The van der Waals surface area contributed by atoms with E-state index in [1.165, 1.54) is 0 Å². The number of likely N-dealkylation sites (tertiary alicyclic amines) is 1. The molecule has 0 aliphatic carbocycles. The number of aromatic hydroxyl groups is 1. The lowest BCUT2D eigenvalue weighted by atomic mass is 9.88. The Balaban J connectivity index is 2.14. The van der Waals surface area contributed by atoms with Crippen LogP contribution in [-0.4, -0.2) is 30.1 Å². The minimum atomic E-state index is 0.464. The maximum atomic E-state index is 10.0. The highest BCUT2D eigenvalue weighted by atomic mass is 79.9. The first-order valence-electron chi connectivity index (χ1n) is 5.77. The van der Waals surface area contributed by atoms with Crippen LogP contribution in [-0.2, 0) is 5.33 Å². The van der Waals surface area contributed by atoms with Crippen LogP contribution in [0.5, 0.6) is 5.75 Å². The molecule has 1 aromatic rings. The normalized spacial score (nSPS) is 18.9. The topological polar surface area (TPSA) is 23.5 Å². The zero-order valence-corrected chi connectivity index (χ0v) is 11.2. The molecule has 0 radical (unpaired) electrons. The highest BCUT2D eigenvalue weighted by molar-refractivity contribution is 9.08. The van der Waals surface area contributed by atoms with Crippen LogP contribution < -0.4 is 0 Å². The third kappa shape index (κ3) is 2.58. The van der Waals surface area contributed by atoms with E-state index in [0.29, 0.717) is 11.7 Å². The van der Waals surface area contributed by atoms with Gasteiger partial charge in [0.1, 0.15) is 5.75 Å². The van der Waals surface area contributed by atoms with Crippen LogP contribution in [0.2, 0.25) is 0 Å². The van der Waals surface area contributed by atoms with E-state index in [-0.39, 0.29) is 0 Å². The number of phenolic OH excluding ortho intramolecular Hbond substituents is 1. The second-order valence-corrected chi connectivity index (χ2v) is 5.17. The largest absolute Gasteiger partial charge is 0.508 e. The van der Waals surface area contributed by atoms with Crippen molar-refractivity contribution < 1.29 is 5.11 Å². The van der Waals surface area contributed by atoms with Crippen LogP contribution in [0.3, 0.4) is 0 Å². The molecule has 1 aliphatic rings. The van der Waals surface area contributed by atoms with E-state index in [1.54, 1.807) is 0 Å². The summed E-state index contributed by atoms with van der Waals surface area (Å²) in [4.78, 5) is 2.35. The molecule has 0 atom stereocenters. The summed E-state index contributed by atoms with van der Waals surface area (Å²) in [6.45, 7) is 2.26. The summed E-state index contributed by atoms with van der Waals surface area (Å²) in [5.41, 5.74) is 2.26. The van der Waals surface area contributed by atoms with Gasteiger partial charge in [-0.15, -0.1) is 0 Å². The predicted molar refractivity (Wildman–Crippen MR) is 70.2 cm³/mol. The third-order valence-corrected chi connectivity index (χ3v) is 4.06. The molecule has 1 fully saturated rings. The van der Waals surface area contributed by atoms with Gasteiger partial charge in [0.15, 0.2) is 0 Å². The van der Waals surface area contributed by atoms with E-state index in [2.05, 4.69) is 40.0 Å². The van der Waals surface area contributed by atoms with Crippen molar-refractivity contribution in [1.29, 1.82) is 0 Å². The van der Waals surface area contributed by atoms with E-state index in [1.807, 2.05) is 6.07 Å². The molecule has 0 amide bonds. The van der Waals surface area contributed by atoms with Crippen molar-refractivity contribution in [3.63, 3.8) is 0 Å². The Kier molecular flexibility index (Phi) is 3.87. The molecule has 0 spiro atoms. The van der Waals surface area contributed by atoms with Gasteiger partial charge in [0.2, 0.25) is 0 Å². The summed E-state index contributed by atoms with van der Waals surface area (Å²) < 4.78 is 0. The number of hydrogen-bond acceptors (Lipinski definition) is 2. The van der Waals surface area contributed by atoms with Gasteiger partial charge in [-0.3, -0.25) is 0 Å². The quantitative estimate of drug-likeness (QED) is 0.844. The fourth-order valence-electron chi connectivity index (χ4n) is 2.34. The summed E-state index contributed by atoms with van der Waals surface area (Å²) in [5.74, 6) is 0.993. The van der Waals surface area contributed by atoms with Gasteiger partial charge in [-0.25, -0.2) is 0 Å². The first-order valence-corrected chi connectivity index (χ1v) is 6.89. The van der Waals surface area contributed by atoms with E-state index >= 15 is 0 Å². The molecular weight excluding hydrogens is 266 g/mol. The molecule has 0 unspecified atom stereocenters. The third-order valence-electron chi connectivity index (χ3n) is 3.41. The molecule has 0 bridgehead atoms. The minimum Gasteiger partial charge on any atom is -0.508 e. The van der Waals surface area contributed by atoms with Gasteiger partial charge in [-0.05, 0) is 56.1 Å². The lowest BCUT2D eigenvalue weighted by molar-refractivity contribution is 0.253. The van der Waals surface area contributed by atoms with Crippen molar-refractivity contribution in [2.24, 2.45) is 0 Å².